The van der Waals surface area contributed by atoms with Gasteiger partial charge in [0.1, 0.15) is 5.75 Å². The van der Waals surface area contributed by atoms with Gasteiger partial charge in [-0.05, 0) is 68.3 Å². The summed E-state index contributed by atoms with van der Waals surface area (Å²) in [6.07, 6.45) is 8.00. The normalized spacial score (nSPS) is 26.7. The number of ether oxygens (including phenoxy) is 3. The minimum absolute atomic E-state index is 0.0554. The molecule has 1 aromatic rings. The molecule has 7 nitrogen and oxygen atoms in total. The van der Waals surface area contributed by atoms with E-state index in [9.17, 15) is 14.0 Å². The van der Waals surface area contributed by atoms with Gasteiger partial charge >= 0.3 is 0 Å². The maximum absolute atomic E-state index is 14.9. The molecule has 0 saturated heterocycles. The number of carbonyl (C=O) groups excluding carboxylic acids is 2. The third kappa shape index (κ3) is 6.57. The average molecular weight is 519 g/mol. The van der Waals surface area contributed by atoms with E-state index in [1.165, 1.54) is 25.7 Å². The summed E-state index contributed by atoms with van der Waals surface area (Å²) in [4.78, 5) is 26.5. The van der Waals surface area contributed by atoms with Crippen molar-refractivity contribution < 1.29 is 28.2 Å². The number of benzene rings is 1. The van der Waals surface area contributed by atoms with Crippen LogP contribution in [0.25, 0.3) is 0 Å². The van der Waals surface area contributed by atoms with Crippen LogP contribution in [0.1, 0.15) is 88.9 Å². The molecule has 206 valence electrons. The predicted molar refractivity (Wildman–Crippen MR) is 139 cm³/mol. The van der Waals surface area contributed by atoms with Crippen molar-refractivity contribution in [3.8, 4) is 11.5 Å². The molecule has 0 aromatic heterocycles. The van der Waals surface area contributed by atoms with Crippen LogP contribution in [0.5, 0.6) is 11.5 Å². The number of rotatable bonds is 9. The van der Waals surface area contributed by atoms with Crippen molar-refractivity contribution in [1.82, 2.24) is 10.6 Å². The summed E-state index contributed by atoms with van der Waals surface area (Å²) in [5.41, 5.74) is 0.625. The molecule has 8 heteroatoms. The van der Waals surface area contributed by atoms with Crippen molar-refractivity contribution in [3.05, 3.63) is 23.5 Å². The topological polar surface area (TPSA) is 85.9 Å². The highest BCUT2D eigenvalue weighted by atomic mass is 19.1. The van der Waals surface area contributed by atoms with E-state index in [-0.39, 0.29) is 46.0 Å². The van der Waals surface area contributed by atoms with Crippen LogP contribution in [0.4, 0.5) is 4.39 Å². The summed E-state index contributed by atoms with van der Waals surface area (Å²) in [7, 11) is 3.03. The summed E-state index contributed by atoms with van der Waals surface area (Å²) < 4.78 is 31.8. The van der Waals surface area contributed by atoms with Gasteiger partial charge in [0.25, 0.3) is 5.91 Å². The van der Waals surface area contributed by atoms with Gasteiger partial charge in [-0.2, -0.15) is 0 Å². The van der Waals surface area contributed by atoms with Crippen LogP contribution < -0.4 is 20.1 Å². The molecule has 3 atom stereocenters. The van der Waals surface area contributed by atoms with Crippen LogP contribution in [-0.2, 0) is 9.53 Å². The first-order valence-corrected chi connectivity index (χ1v) is 13.7. The van der Waals surface area contributed by atoms with Crippen molar-refractivity contribution in [2.24, 2.45) is 16.7 Å². The van der Waals surface area contributed by atoms with Gasteiger partial charge in [0.05, 0.1) is 30.8 Å². The minimum Gasteiger partial charge on any atom is -0.496 e. The Bertz CT molecular complexity index is 983. The summed E-state index contributed by atoms with van der Waals surface area (Å²) in [6, 6.07) is 2.23. The number of nitrogens with one attached hydrogen (secondary N) is 2. The van der Waals surface area contributed by atoms with Gasteiger partial charge in [0.2, 0.25) is 5.91 Å². The lowest BCUT2D eigenvalue weighted by atomic mass is 9.70. The highest BCUT2D eigenvalue weighted by Crippen LogP contribution is 2.40. The molecule has 2 N–H and O–H groups in total. The number of hydrogen-bond donors (Lipinski definition) is 2. The predicted octanol–water partition coefficient (Wildman–Crippen LogP) is 5.01. The fourth-order valence-corrected chi connectivity index (χ4v) is 5.91. The van der Waals surface area contributed by atoms with Crippen LogP contribution in [0.2, 0.25) is 0 Å². The van der Waals surface area contributed by atoms with E-state index in [4.69, 9.17) is 14.2 Å². The summed E-state index contributed by atoms with van der Waals surface area (Å²) in [5.74, 6) is -1.25. The number of halogens is 1. The molecule has 0 heterocycles. The molecule has 0 spiro atoms. The van der Waals surface area contributed by atoms with Gasteiger partial charge < -0.3 is 24.8 Å². The molecule has 1 aromatic carbocycles. The summed E-state index contributed by atoms with van der Waals surface area (Å²) in [5, 5.41) is 6.12. The molecule has 3 saturated carbocycles. The highest BCUT2D eigenvalue weighted by molar-refractivity contribution is 5.98. The van der Waals surface area contributed by atoms with Crippen molar-refractivity contribution in [2.75, 3.05) is 20.8 Å². The van der Waals surface area contributed by atoms with E-state index in [1.807, 2.05) is 0 Å². The molecule has 4 rings (SSSR count). The van der Waals surface area contributed by atoms with E-state index in [2.05, 4.69) is 31.4 Å². The summed E-state index contributed by atoms with van der Waals surface area (Å²) >= 11 is 0. The smallest absolute Gasteiger partial charge is 0.255 e. The number of methoxy groups -OCH3 is 2. The first-order chi connectivity index (χ1) is 17.5. The Morgan fingerprint density at radius 3 is 2.30 bits per heavy atom. The maximum atomic E-state index is 14.9. The lowest BCUT2D eigenvalue weighted by molar-refractivity contribution is -0.126. The number of hydrogen-bond acceptors (Lipinski definition) is 5. The van der Waals surface area contributed by atoms with Gasteiger partial charge in [0, 0.05) is 25.8 Å². The highest BCUT2D eigenvalue weighted by Gasteiger charge is 2.41. The summed E-state index contributed by atoms with van der Waals surface area (Å²) in [6.45, 7) is 7.30. The Morgan fingerprint density at radius 1 is 1.00 bits per heavy atom. The van der Waals surface area contributed by atoms with Gasteiger partial charge in [-0.3, -0.25) is 9.59 Å². The van der Waals surface area contributed by atoms with Crippen molar-refractivity contribution in [2.45, 2.75) is 96.8 Å². The molecule has 0 unspecified atom stereocenters. The zero-order chi connectivity index (χ0) is 26.8. The van der Waals surface area contributed by atoms with Crippen molar-refractivity contribution >= 4 is 11.8 Å². The first kappa shape index (κ1) is 27.7. The van der Waals surface area contributed by atoms with E-state index in [0.717, 1.165) is 38.5 Å². The Kier molecular flexibility index (Phi) is 8.36. The Hall–Kier alpha value is -2.35. The molecule has 0 radical (unpaired) electrons. The largest absolute Gasteiger partial charge is 0.496 e. The van der Waals surface area contributed by atoms with Crippen LogP contribution in [0.15, 0.2) is 12.1 Å². The zero-order valence-corrected chi connectivity index (χ0v) is 23.0. The van der Waals surface area contributed by atoms with E-state index < -0.39 is 23.7 Å². The molecule has 0 bridgehead atoms. The van der Waals surface area contributed by atoms with Crippen LogP contribution in [-0.4, -0.2) is 50.8 Å². The van der Waals surface area contributed by atoms with Gasteiger partial charge in [-0.25, -0.2) is 4.39 Å². The molecular weight excluding hydrogens is 475 g/mol. The number of amides is 2. The average Bonchev–Trinajstić information content (AvgIpc) is 3.26. The molecular formula is C29H43FN2O5. The van der Waals surface area contributed by atoms with E-state index >= 15 is 0 Å². The van der Waals surface area contributed by atoms with Crippen molar-refractivity contribution in [3.63, 3.8) is 0 Å². The quantitative estimate of drug-likeness (QED) is 0.480. The van der Waals surface area contributed by atoms with Crippen LogP contribution in [0.3, 0.4) is 0 Å². The Labute approximate surface area is 220 Å². The van der Waals surface area contributed by atoms with Gasteiger partial charge in [-0.15, -0.1) is 0 Å². The van der Waals surface area contributed by atoms with Gasteiger partial charge in [0.15, 0.2) is 11.6 Å². The fraction of sp³-hybridized carbons (Fsp3) is 0.724. The lowest BCUT2D eigenvalue weighted by Crippen LogP contribution is -2.47. The SMILES string of the molecule is COc1cc(F)c(OC2CCC(C)(C)CC2)cc1C(=O)N[C@H]1C[C@H](OC)C[C@H]1C(=O)NCC1(C)CCC1. The second-order valence-corrected chi connectivity index (χ2v) is 12.4. The van der Waals surface area contributed by atoms with E-state index in [0.29, 0.717) is 19.4 Å². The third-order valence-electron chi connectivity index (χ3n) is 8.83. The third-order valence-corrected chi connectivity index (χ3v) is 8.83. The van der Waals surface area contributed by atoms with Crippen LogP contribution >= 0.6 is 0 Å². The molecule has 3 aliphatic rings. The van der Waals surface area contributed by atoms with E-state index in [1.54, 1.807) is 7.11 Å². The lowest BCUT2D eigenvalue weighted by Gasteiger charge is -2.38. The zero-order valence-electron chi connectivity index (χ0n) is 23.0. The number of carbonyl (C=O) groups is 2. The second-order valence-electron chi connectivity index (χ2n) is 12.4. The Morgan fingerprint density at radius 2 is 1.70 bits per heavy atom. The standard InChI is InChI=1S/C29H43FN2O5/c1-28(2)11-7-18(8-12-28)37-25-15-21(24(36-5)16-22(25)30)27(34)32-23-14-19(35-4)13-20(23)26(33)31-17-29(3)9-6-10-29/h15-16,18-20,23H,6-14,17H2,1-5H3,(H,31,33)(H,32,34)/t19-,20-,23+/m1/s1. The first-order valence-electron chi connectivity index (χ1n) is 13.7. The van der Waals surface area contributed by atoms with Crippen LogP contribution in [0, 0.1) is 22.6 Å². The van der Waals surface area contributed by atoms with Gasteiger partial charge in [-0.1, -0.05) is 27.2 Å². The maximum Gasteiger partial charge on any atom is 0.255 e. The molecule has 0 aliphatic heterocycles. The molecule has 2 amide bonds. The molecule has 3 fully saturated rings. The Balaban J connectivity index is 1.46. The minimum atomic E-state index is -0.555. The fourth-order valence-electron chi connectivity index (χ4n) is 5.91. The molecule has 37 heavy (non-hydrogen) atoms. The molecule has 3 aliphatic carbocycles. The monoisotopic (exact) mass is 518 g/mol. The van der Waals surface area contributed by atoms with Crippen molar-refractivity contribution in [1.29, 1.82) is 0 Å². The second kappa shape index (κ2) is 11.2.